The molecular weight excluding hydrogens is 152 g/mol. The average molecular weight is 164 g/mol. The molecule has 1 fully saturated rings. The van der Waals surface area contributed by atoms with Crippen molar-refractivity contribution < 1.29 is 9.59 Å². The lowest BCUT2D eigenvalue weighted by Gasteiger charge is -2.17. The maximum atomic E-state index is 11.6. The van der Waals surface area contributed by atoms with Gasteiger partial charge in [-0.05, 0) is 31.4 Å². The molecule has 0 aromatic carbocycles. The molecular formula is C10H12O2. The summed E-state index contributed by atoms with van der Waals surface area (Å²) in [6, 6.07) is 0. The van der Waals surface area contributed by atoms with E-state index in [0.717, 1.165) is 6.42 Å². The Bertz CT molecular complexity index is 325. The van der Waals surface area contributed by atoms with Crippen LogP contribution in [-0.2, 0) is 9.59 Å². The van der Waals surface area contributed by atoms with E-state index in [1.165, 1.54) is 0 Å². The number of fused-ring (bicyclic) bond motifs is 1. The Labute approximate surface area is 71.6 Å². The van der Waals surface area contributed by atoms with Crippen LogP contribution in [0.2, 0.25) is 0 Å². The summed E-state index contributed by atoms with van der Waals surface area (Å²) < 4.78 is 0. The van der Waals surface area contributed by atoms with Crippen LogP contribution < -0.4 is 0 Å². The van der Waals surface area contributed by atoms with E-state index in [0.29, 0.717) is 11.1 Å². The molecule has 2 rings (SSSR count). The van der Waals surface area contributed by atoms with Crippen molar-refractivity contribution in [3.05, 3.63) is 11.1 Å². The summed E-state index contributed by atoms with van der Waals surface area (Å²) in [4.78, 5) is 23.2. The number of allylic oxidation sites excluding steroid dienone is 2. The second kappa shape index (κ2) is 1.87. The lowest BCUT2D eigenvalue weighted by atomic mass is 9.84. The molecule has 2 atom stereocenters. The fourth-order valence-corrected chi connectivity index (χ4v) is 2.04. The summed E-state index contributed by atoms with van der Waals surface area (Å²) in [7, 11) is 0. The van der Waals surface area contributed by atoms with Gasteiger partial charge >= 0.3 is 0 Å². The van der Waals surface area contributed by atoms with Crippen LogP contribution in [0.3, 0.4) is 0 Å². The van der Waals surface area contributed by atoms with Crippen molar-refractivity contribution in [2.24, 2.45) is 11.3 Å². The first-order valence-electron chi connectivity index (χ1n) is 4.25. The summed E-state index contributed by atoms with van der Waals surface area (Å²) in [6.45, 7) is 5.41. The molecule has 0 spiro atoms. The molecule has 2 aliphatic rings. The number of carbonyl (C=O) groups is 2. The van der Waals surface area contributed by atoms with Gasteiger partial charge in [0.2, 0.25) is 0 Å². The zero-order valence-corrected chi connectivity index (χ0v) is 7.60. The minimum Gasteiger partial charge on any atom is -0.294 e. The lowest BCUT2D eigenvalue weighted by Crippen LogP contribution is -2.26. The topological polar surface area (TPSA) is 34.1 Å². The second-order valence-electron chi connectivity index (χ2n) is 4.12. The number of rotatable bonds is 0. The van der Waals surface area contributed by atoms with Gasteiger partial charge in [-0.2, -0.15) is 0 Å². The Hall–Kier alpha value is -0.920. The van der Waals surface area contributed by atoms with E-state index in [1.807, 2.05) is 6.92 Å². The minimum absolute atomic E-state index is 0.00806. The van der Waals surface area contributed by atoms with Crippen molar-refractivity contribution in [2.75, 3.05) is 0 Å². The van der Waals surface area contributed by atoms with Gasteiger partial charge in [0.15, 0.2) is 11.6 Å². The number of hydrogen-bond donors (Lipinski definition) is 0. The standard InChI is InChI=1S/C10H12O2/c1-5-6(2)9(12)10(3)4-7(10)8(5)11/h7H,4H2,1-3H3. The highest BCUT2D eigenvalue weighted by molar-refractivity contribution is 6.18. The molecule has 2 aliphatic carbocycles. The van der Waals surface area contributed by atoms with Crippen LogP contribution in [-0.4, -0.2) is 11.6 Å². The highest BCUT2D eigenvalue weighted by Crippen LogP contribution is 2.58. The van der Waals surface area contributed by atoms with Crippen molar-refractivity contribution in [3.8, 4) is 0 Å². The Morgan fingerprint density at radius 1 is 1.25 bits per heavy atom. The molecule has 12 heavy (non-hydrogen) atoms. The molecule has 64 valence electrons. The molecule has 0 aromatic rings. The quantitative estimate of drug-likeness (QED) is 0.543. The van der Waals surface area contributed by atoms with Gasteiger partial charge in [0.25, 0.3) is 0 Å². The summed E-state index contributed by atoms with van der Waals surface area (Å²) >= 11 is 0. The third-order valence-electron chi connectivity index (χ3n) is 3.35. The van der Waals surface area contributed by atoms with Gasteiger partial charge < -0.3 is 0 Å². The van der Waals surface area contributed by atoms with Crippen LogP contribution in [0.4, 0.5) is 0 Å². The molecule has 0 N–H and O–H groups in total. The van der Waals surface area contributed by atoms with E-state index in [-0.39, 0.29) is 22.9 Å². The van der Waals surface area contributed by atoms with Crippen LogP contribution in [0.15, 0.2) is 11.1 Å². The first-order chi connectivity index (χ1) is 5.48. The molecule has 1 saturated carbocycles. The summed E-state index contributed by atoms with van der Waals surface area (Å²) in [5, 5.41) is 0. The minimum atomic E-state index is -0.319. The van der Waals surface area contributed by atoms with Crippen molar-refractivity contribution >= 4 is 11.6 Å². The molecule has 2 nitrogen and oxygen atoms in total. The van der Waals surface area contributed by atoms with Gasteiger partial charge in [0.1, 0.15) is 0 Å². The van der Waals surface area contributed by atoms with Gasteiger partial charge in [-0.15, -0.1) is 0 Å². The first-order valence-corrected chi connectivity index (χ1v) is 4.25. The molecule has 0 saturated heterocycles. The number of Topliss-reactive ketones (excluding diaryl/α,β-unsaturated/α-hetero) is 2. The zero-order valence-electron chi connectivity index (χ0n) is 7.60. The van der Waals surface area contributed by atoms with E-state index in [1.54, 1.807) is 13.8 Å². The van der Waals surface area contributed by atoms with Crippen molar-refractivity contribution in [2.45, 2.75) is 27.2 Å². The van der Waals surface area contributed by atoms with Gasteiger partial charge in [0, 0.05) is 11.3 Å². The van der Waals surface area contributed by atoms with E-state index in [9.17, 15) is 9.59 Å². The first kappa shape index (κ1) is 7.71. The molecule has 0 aromatic heterocycles. The molecule has 2 unspecified atom stereocenters. The lowest BCUT2D eigenvalue weighted by molar-refractivity contribution is -0.126. The third-order valence-corrected chi connectivity index (χ3v) is 3.35. The van der Waals surface area contributed by atoms with Crippen LogP contribution >= 0.6 is 0 Å². The van der Waals surface area contributed by atoms with Crippen LogP contribution in [0.25, 0.3) is 0 Å². The largest absolute Gasteiger partial charge is 0.294 e. The van der Waals surface area contributed by atoms with Crippen LogP contribution in [0.5, 0.6) is 0 Å². The molecule has 0 radical (unpaired) electrons. The molecule has 0 heterocycles. The van der Waals surface area contributed by atoms with E-state index in [2.05, 4.69) is 0 Å². The molecule has 0 bridgehead atoms. The predicted octanol–water partition coefficient (Wildman–Crippen LogP) is 1.50. The summed E-state index contributed by atoms with van der Waals surface area (Å²) in [5.74, 6) is 0.382. The SMILES string of the molecule is CC1=C(C)C(=O)C2(C)CC2C1=O. The average Bonchev–Trinajstić information content (AvgIpc) is 2.72. The smallest absolute Gasteiger partial charge is 0.165 e. The Kier molecular flexibility index (Phi) is 1.20. The van der Waals surface area contributed by atoms with Gasteiger partial charge in [-0.1, -0.05) is 6.92 Å². The van der Waals surface area contributed by atoms with E-state index < -0.39 is 0 Å². The van der Waals surface area contributed by atoms with Crippen molar-refractivity contribution in [1.29, 1.82) is 0 Å². The summed E-state index contributed by atoms with van der Waals surface area (Å²) in [6.07, 6.45) is 0.763. The normalized spacial score (nSPS) is 40.1. The maximum Gasteiger partial charge on any atom is 0.165 e. The second-order valence-corrected chi connectivity index (χ2v) is 4.12. The van der Waals surface area contributed by atoms with Gasteiger partial charge in [-0.3, -0.25) is 9.59 Å². The highest BCUT2D eigenvalue weighted by Gasteiger charge is 2.62. The van der Waals surface area contributed by atoms with Gasteiger partial charge in [-0.25, -0.2) is 0 Å². The molecule has 2 heteroatoms. The van der Waals surface area contributed by atoms with Crippen LogP contribution in [0.1, 0.15) is 27.2 Å². The number of hydrogen-bond acceptors (Lipinski definition) is 2. The highest BCUT2D eigenvalue weighted by atomic mass is 16.1. The Balaban J connectivity index is 2.53. The van der Waals surface area contributed by atoms with Gasteiger partial charge in [0.05, 0.1) is 0 Å². The number of ketones is 2. The summed E-state index contributed by atoms with van der Waals surface area (Å²) in [5.41, 5.74) is 1.04. The van der Waals surface area contributed by atoms with Crippen molar-refractivity contribution in [1.82, 2.24) is 0 Å². The van der Waals surface area contributed by atoms with E-state index in [4.69, 9.17) is 0 Å². The predicted molar refractivity (Wildman–Crippen MR) is 44.6 cm³/mol. The molecule has 0 amide bonds. The monoisotopic (exact) mass is 164 g/mol. The molecule has 0 aliphatic heterocycles. The fourth-order valence-electron chi connectivity index (χ4n) is 2.04. The van der Waals surface area contributed by atoms with Crippen molar-refractivity contribution in [3.63, 3.8) is 0 Å². The van der Waals surface area contributed by atoms with Crippen LogP contribution in [0, 0.1) is 11.3 Å². The fraction of sp³-hybridized carbons (Fsp3) is 0.600. The zero-order chi connectivity index (χ0) is 9.09. The Morgan fingerprint density at radius 3 is 2.42 bits per heavy atom. The Morgan fingerprint density at radius 2 is 1.83 bits per heavy atom. The van der Waals surface area contributed by atoms with E-state index >= 15 is 0 Å². The number of carbonyl (C=O) groups excluding carboxylic acids is 2. The maximum absolute atomic E-state index is 11.6. The third kappa shape index (κ3) is 0.655.